The highest BCUT2D eigenvalue weighted by Crippen LogP contribution is 2.17. The van der Waals surface area contributed by atoms with Crippen LogP contribution in [0.15, 0.2) is 24.3 Å². The molecule has 0 radical (unpaired) electrons. The van der Waals surface area contributed by atoms with Gasteiger partial charge in [-0.05, 0) is 52.0 Å². The molecule has 1 aromatic carbocycles. The fraction of sp³-hybridized carbons (Fsp3) is 0.444. The van der Waals surface area contributed by atoms with E-state index in [1.807, 2.05) is 17.0 Å². The monoisotopic (exact) mass is 319 g/mol. The number of hydrogen-bond acceptors (Lipinski definition) is 3. The van der Waals surface area contributed by atoms with Gasteiger partial charge >= 0.3 is 0 Å². The van der Waals surface area contributed by atoms with Crippen LogP contribution >= 0.6 is 11.6 Å². The van der Waals surface area contributed by atoms with Gasteiger partial charge < -0.3 is 15.1 Å². The first kappa shape index (κ1) is 18.4. The molecule has 0 fully saturated rings. The Kier molecular flexibility index (Phi) is 6.33. The molecular formula is C18H22ClNO2. The normalized spacial score (nSPS) is 11.0. The summed E-state index contributed by atoms with van der Waals surface area (Å²) in [5.74, 6) is 11.5. The summed E-state index contributed by atoms with van der Waals surface area (Å²) in [6.07, 6.45) is 0. The van der Waals surface area contributed by atoms with Crippen molar-refractivity contribution in [2.75, 3.05) is 18.0 Å². The van der Waals surface area contributed by atoms with Crippen molar-refractivity contribution in [3.8, 4) is 23.7 Å². The van der Waals surface area contributed by atoms with Crippen LogP contribution < -0.4 is 4.90 Å². The first-order chi connectivity index (χ1) is 10.1. The summed E-state index contributed by atoms with van der Waals surface area (Å²) in [6, 6.07) is 7.38. The highest BCUT2D eigenvalue weighted by Gasteiger charge is 2.09. The molecule has 0 aliphatic rings. The number of hydrogen-bond donors (Lipinski definition) is 2. The second kappa shape index (κ2) is 7.56. The predicted octanol–water partition coefficient (Wildman–Crippen LogP) is 2.70. The largest absolute Gasteiger partial charge is 0.378 e. The van der Waals surface area contributed by atoms with Gasteiger partial charge in [-0.1, -0.05) is 35.3 Å². The minimum atomic E-state index is -1.02. The molecule has 0 heterocycles. The molecule has 3 nitrogen and oxygen atoms in total. The van der Waals surface area contributed by atoms with Crippen LogP contribution in [0.25, 0.3) is 0 Å². The van der Waals surface area contributed by atoms with Crippen LogP contribution in [0.1, 0.15) is 27.7 Å². The summed E-state index contributed by atoms with van der Waals surface area (Å²) in [5, 5.41) is 20.0. The maximum absolute atomic E-state index is 9.65. The standard InChI is InChI=1S/C18H22ClNO2/c1-17(2,21)11-5-13-20(14-6-12-18(3,4)22)16-9-7-15(19)8-10-16/h7-10,21-22H,13-14H2,1-4H3. The van der Waals surface area contributed by atoms with Crippen LogP contribution in [0.4, 0.5) is 5.69 Å². The zero-order valence-corrected chi connectivity index (χ0v) is 14.2. The molecule has 0 atom stereocenters. The average Bonchev–Trinajstić information content (AvgIpc) is 2.35. The third-order valence-corrected chi connectivity index (χ3v) is 2.77. The molecule has 22 heavy (non-hydrogen) atoms. The Morgan fingerprint density at radius 2 is 1.32 bits per heavy atom. The van der Waals surface area contributed by atoms with E-state index in [-0.39, 0.29) is 0 Å². The van der Waals surface area contributed by atoms with Gasteiger partial charge in [0, 0.05) is 10.7 Å². The van der Waals surface area contributed by atoms with E-state index in [9.17, 15) is 10.2 Å². The van der Waals surface area contributed by atoms with Crippen LogP contribution in [-0.4, -0.2) is 34.5 Å². The molecule has 0 amide bonds. The van der Waals surface area contributed by atoms with Crippen molar-refractivity contribution in [3.05, 3.63) is 29.3 Å². The fourth-order valence-electron chi connectivity index (χ4n) is 1.59. The SMILES string of the molecule is CC(C)(O)C#CCN(CC#CC(C)(C)O)c1ccc(Cl)cc1. The minimum Gasteiger partial charge on any atom is -0.378 e. The van der Waals surface area contributed by atoms with E-state index in [1.165, 1.54) is 0 Å². The number of halogens is 1. The Hall–Kier alpha value is -1.65. The molecule has 0 spiro atoms. The van der Waals surface area contributed by atoms with Gasteiger partial charge in [-0.15, -0.1) is 0 Å². The molecule has 1 aromatic rings. The minimum absolute atomic E-state index is 0.423. The van der Waals surface area contributed by atoms with Gasteiger partial charge in [-0.3, -0.25) is 0 Å². The highest BCUT2D eigenvalue weighted by atomic mass is 35.5. The molecule has 0 aliphatic heterocycles. The molecule has 1 rings (SSSR count). The maximum atomic E-state index is 9.65. The second-order valence-corrected chi connectivity index (χ2v) is 6.49. The van der Waals surface area contributed by atoms with E-state index in [0.717, 1.165) is 5.69 Å². The third kappa shape index (κ3) is 7.96. The number of nitrogens with zero attached hydrogens (tertiary/aromatic N) is 1. The van der Waals surface area contributed by atoms with E-state index < -0.39 is 11.2 Å². The van der Waals surface area contributed by atoms with Crippen molar-refractivity contribution < 1.29 is 10.2 Å². The van der Waals surface area contributed by atoms with Gasteiger partial charge in [-0.2, -0.15) is 0 Å². The van der Waals surface area contributed by atoms with Crippen LogP contribution in [-0.2, 0) is 0 Å². The Balaban J connectivity index is 2.91. The summed E-state index contributed by atoms with van der Waals surface area (Å²) in [7, 11) is 0. The molecular weight excluding hydrogens is 298 g/mol. The molecule has 0 aliphatic carbocycles. The predicted molar refractivity (Wildman–Crippen MR) is 91.8 cm³/mol. The van der Waals surface area contributed by atoms with Crippen molar-refractivity contribution in [2.45, 2.75) is 38.9 Å². The van der Waals surface area contributed by atoms with Crippen molar-refractivity contribution in [2.24, 2.45) is 0 Å². The molecule has 2 N–H and O–H groups in total. The fourth-order valence-corrected chi connectivity index (χ4v) is 1.72. The molecule has 118 valence electrons. The first-order valence-electron chi connectivity index (χ1n) is 7.02. The zero-order valence-electron chi connectivity index (χ0n) is 13.4. The van der Waals surface area contributed by atoms with Gasteiger partial charge in [0.1, 0.15) is 11.2 Å². The molecule has 0 saturated heterocycles. The summed E-state index contributed by atoms with van der Waals surface area (Å²) in [4.78, 5) is 1.95. The van der Waals surface area contributed by atoms with Crippen molar-refractivity contribution in [1.29, 1.82) is 0 Å². The van der Waals surface area contributed by atoms with Gasteiger partial charge in [0.25, 0.3) is 0 Å². The van der Waals surface area contributed by atoms with Crippen molar-refractivity contribution >= 4 is 17.3 Å². The van der Waals surface area contributed by atoms with Gasteiger partial charge in [-0.25, -0.2) is 0 Å². The second-order valence-electron chi connectivity index (χ2n) is 6.05. The Morgan fingerprint density at radius 3 is 1.68 bits per heavy atom. The summed E-state index contributed by atoms with van der Waals surface area (Å²) < 4.78 is 0. The molecule has 4 heteroatoms. The summed E-state index contributed by atoms with van der Waals surface area (Å²) in [5.41, 5.74) is -1.12. The topological polar surface area (TPSA) is 43.7 Å². The average molecular weight is 320 g/mol. The zero-order chi connectivity index (χ0) is 16.8. The summed E-state index contributed by atoms with van der Waals surface area (Å²) >= 11 is 5.90. The molecule has 0 saturated carbocycles. The smallest absolute Gasteiger partial charge is 0.120 e. The van der Waals surface area contributed by atoms with Gasteiger partial charge in [0.2, 0.25) is 0 Å². The first-order valence-corrected chi connectivity index (χ1v) is 7.40. The molecule has 0 aromatic heterocycles. The van der Waals surface area contributed by atoms with Gasteiger partial charge in [0.15, 0.2) is 0 Å². The van der Waals surface area contributed by atoms with Crippen LogP contribution in [0.3, 0.4) is 0 Å². The van der Waals surface area contributed by atoms with E-state index >= 15 is 0 Å². The van der Waals surface area contributed by atoms with Crippen LogP contribution in [0.5, 0.6) is 0 Å². The Bertz CT molecular complexity index is 567. The quantitative estimate of drug-likeness (QED) is 0.842. The van der Waals surface area contributed by atoms with Crippen molar-refractivity contribution in [1.82, 2.24) is 0 Å². The van der Waals surface area contributed by atoms with E-state index in [4.69, 9.17) is 11.6 Å². The Labute approximate surface area is 137 Å². The number of anilines is 1. The number of aliphatic hydroxyl groups is 2. The molecule has 0 bridgehead atoms. The molecule has 0 unspecified atom stereocenters. The van der Waals surface area contributed by atoms with E-state index in [2.05, 4.69) is 23.7 Å². The van der Waals surface area contributed by atoms with Gasteiger partial charge in [0.05, 0.1) is 13.1 Å². The van der Waals surface area contributed by atoms with E-state index in [0.29, 0.717) is 18.1 Å². The lowest BCUT2D eigenvalue weighted by Crippen LogP contribution is -2.25. The third-order valence-electron chi connectivity index (χ3n) is 2.52. The highest BCUT2D eigenvalue weighted by molar-refractivity contribution is 6.30. The maximum Gasteiger partial charge on any atom is 0.120 e. The number of benzene rings is 1. The van der Waals surface area contributed by atoms with Crippen molar-refractivity contribution in [3.63, 3.8) is 0 Å². The lowest BCUT2D eigenvalue weighted by Gasteiger charge is -2.20. The van der Waals surface area contributed by atoms with Crippen LogP contribution in [0.2, 0.25) is 5.02 Å². The number of rotatable bonds is 3. The van der Waals surface area contributed by atoms with E-state index in [1.54, 1.807) is 39.8 Å². The summed E-state index contributed by atoms with van der Waals surface area (Å²) in [6.45, 7) is 7.40. The Morgan fingerprint density at radius 1 is 0.909 bits per heavy atom. The lowest BCUT2D eigenvalue weighted by atomic mass is 10.1. The van der Waals surface area contributed by atoms with Crippen LogP contribution in [0, 0.1) is 23.7 Å². The lowest BCUT2D eigenvalue weighted by molar-refractivity contribution is 0.143.